The molecule has 0 bridgehead atoms. The zero-order valence-electron chi connectivity index (χ0n) is 6.06. The Bertz CT molecular complexity index is 113. The Morgan fingerprint density at radius 3 is 2.20 bits per heavy atom. The first-order valence-corrected chi connectivity index (χ1v) is 3.87. The predicted molar refractivity (Wildman–Crippen MR) is 36.4 cm³/mol. The highest BCUT2D eigenvalue weighted by molar-refractivity contribution is 4.85. The first-order valence-electron chi connectivity index (χ1n) is 3.87. The second-order valence-corrected chi connectivity index (χ2v) is 3.27. The van der Waals surface area contributed by atoms with Crippen molar-refractivity contribution in [2.24, 2.45) is 5.41 Å². The van der Waals surface area contributed by atoms with E-state index >= 15 is 0 Å². The molecule has 0 aliphatic carbocycles. The fraction of sp³-hybridized carbons (Fsp3) is 1.00. The maximum Gasteiger partial charge on any atom is 0.0902 e. The molecule has 2 rings (SSSR count). The van der Waals surface area contributed by atoms with E-state index < -0.39 is 0 Å². The van der Waals surface area contributed by atoms with Gasteiger partial charge in [0.2, 0.25) is 0 Å². The minimum atomic E-state index is 0.366. The lowest BCUT2D eigenvalue weighted by atomic mass is 9.81. The van der Waals surface area contributed by atoms with Gasteiger partial charge in [0.25, 0.3) is 0 Å². The highest BCUT2D eigenvalue weighted by atomic mass is 17.2. The molecule has 0 aromatic carbocycles. The monoisotopic (exact) mass is 143 g/mol. The SMILES string of the molecule is C1CC2(CCN1)COOC2. The van der Waals surface area contributed by atoms with E-state index in [0.717, 1.165) is 26.3 Å². The van der Waals surface area contributed by atoms with Gasteiger partial charge in [0.15, 0.2) is 0 Å². The maximum absolute atomic E-state index is 4.91. The van der Waals surface area contributed by atoms with E-state index in [4.69, 9.17) is 9.78 Å². The maximum atomic E-state index is 4.91. The summed E-state index contributed by atoms with van der Waals surface area (Å²) in [7, 11) is 0. The van der Waals surface area contributed by atoms with E-state index in [9.17, 15) is 0 Å². The Kier molecular flexibility index (Phi) is 1.64. The van der Waals surface area contributed by atoms with Gasteiger partial charge in [0.05, 0.1) is 13.2 Å². The van der Waals surface area contributed by atoms with Crippen molar-refractivity contribution in [2.75, 3.05) is 26.3 Å². The summed E-state index contributed by atoms with van der Waals surface area (Å²) in [5.74, 6) is 0. The third-order valence-corrected chi connectivity index (χ3v) is 2.48. The average molecular weight is 143 g/mol. The lowest BCUT2D eigenvalue weighted by Crippen LogP contribution is -2.38. The molecule has 2 aliphatic heterocycles. The van der Waals surface area contributed by atoms with Crippen LogP contribution in [0.5, 0.6) is 0 Å². The molecule has 2 saturated heterocycles. The molecule has 0 aromatic rings. The first kappa shape index (κ1) is 6.58. The summed E-state index contributed by atoms with van der Waals surface area (Å²) in [6.07, 6.45) is 2.40. The molecule has 58 valence electrons. The second kappa shape index (κ2) is 2.49. The number of hydrogen-bond donors (Lipinski definition) is 1. The molecule has 2 heterocycles. The van der Waals surface area contributed by atoms with Crippen LogP contribution in [0.3, 0.4) is 0 Å². The third-order valence-electron chi connectivity index (χ3n) is 2.48. The Morgan fingerprint density at radius 1 is 1.00 bits per heavy atom. The van der Waals surface area contributed by atoms with Crippen LogP contribution in [0.1, 0.15) is 12.8 Å². The summed E-state index contributed by atoms with van der Waals surface area (Å²) in [6.45, 7) is 3.84. The van der Waals surface area contributed by atoms with Gasteiger partial charge in [-0.25, -0.2) is 9.78 Å². The van der Waals surface area contributed by atoms with Crippen LogP contribution >= 0.6 is 0 Å². The van der Waals surface area contributed by atoms with Crippen LogP contribution in [0.2, 0.25) is 0 Å². The Hall–Kier alpha value is -0.120. The van der Waals surface area contributed by atoms with E-state index in [-0.39, 0.29) is 0 Å². The van der Waals surface area contributed by atoms with Crippen molar-refractivity contribution in [3.05, 3.63) is 0 Å². The van der Waals surface area contributed by atoms with Gasteiger partial charge in [-0.2, -0.15) is 0 Å². The highest BCUT2D eigenvalue weighted by Gasteiger charge is 2.37. The molecule has 10 heavy (non-hydrogen) atoms. The quantitative estimate of drug-likeness (QED) is 0.495. The van der Waals surface area contributed by atoms with E-state index in [1.807, 2.05) is 0 Å². The lowest BCUT2D eigenvalue weighted by molar-refractivity contribution is -0.248. The molecule has 2 fully saturated rings. The van der Waals surface area contributed by atoms with Gasteiger partial charge >= 0.3 is 0 Å². The summed E-state index contributed by atoms with van der Waals surface area (Å²) in [5.41, 5.74) is 0.366. The van der Waals surface area contributed by atoms with Gasteiger partial charge in [0.1, 0.15) is 0 Å². The van der Waals surface area contributed by atoms with Gasteiger partial charge in [-0.15, -0.1) is 0 Å². The molecule has 3 nitrogen and oxygen atoms in total. The zero-order valence-corrected chi connectivity index (χ0v) is 6.06. The van der Waals surface area contributed by atoms with E-state index in [1.54, 1.807) is 0 Å². The summed E-state index contributed by atoms with van der Waals surface area (Å²) in [4.78, 5) is 9.82. The first-order chi connectivity index (χ1) is 4.91. The van der Waals surface area contributed by atoms with Crippen LogP contribution in [0.25, 0.3) is 0 Å². The number of piperidine rings is 1. The lowest BCUT2D eigenvalue weighted by Gasteiger charge is -2.29. The van der Waals surface area contributed by atoms with Crippen molar-refractivity contribution in [1.82, 2.24) is 5.32 Å². The van der Waals surface area contributed by atoms with Gasteiger partial charge in [0, 0.05) is 5.41 Å². The highest BCUT2D eigenvalue weighted by Crippen LogP contribution is 2.33. The van der Waals surface area contributed by atoms with Crippen molar-refractivity contribution >= 4 is 0 Å². The number of rotatable bonds is 0. The molecule has 0 aromatic heterocycles. The molecular formula is C7H13NO2. The Balaban J connectivity index is 1.98. The van der Waals surface area contributed by atoms with Crippen molar-refractivity contribution < 1.29 is 9.78 Å². The summed E-state index contributed by atoms with van der Waals surface area (Å²) >= 11 is 0. The molecule has 3 heteroatoms. The minimum absolute atomic E-state index is 0.366. The molecule has 1 spiro atoms. The number of hydrogen-bond acceptors (Lipinski definition) is 3. The molecule has 1 N–H and O–H groups in total. The van der Waals surface area contributed by atoms with E-state index in [0.29, 0.717) is 5.41 Å². The van der Waals surface area contributed by atoms with E-state index in [1.165, 1.54) is 12.8 Å². The summed E-state index contributed by atoms with van der Waals surface area (Å²) in [5, 5.41) is 3.32. The van der Waals surface area contributed by atoms with E-state index in [2.05, 4.69) is 5.32 Å². The van der Waals surface area contributed by atoms with Crippen LogP contribution in [0, 0.1) is 5.41 Å². The van der Waals surface area contributed by atoms with Gasteiger partial charge in [-0.1, -0.05) is 0 Å². The minimum Gasteiger partial charge on any atom is -0.317 e. The smallest absolute Gasteiger partial charge is 0.0902 e. The van der Waals surface area contributed by atoms with Crippen LogP contribution in [0.15, 0.2) is 0 Å². The standard InChI is InChI=1S/C7H13NO2/c1-3-8-4-2-7(1)5-9-10-6-7/h8H,1-6H2. The normalized spacial score (nSPS) is 31.2. The van der Waals surface area contributed by atoms with Crippen molar-refractivity contribution in [1.29, 1.82) is 0 Å². The molecule has 0 atom stereocenters. The van der Waals surface area contributed by atoms with Crippen LogP contribution in [0.4, 0.5) is 0 Å². The van der Waals surface area contributed by atoms with Crippen molar-refractivity contribution in [3.8, 4) is 0 Å². The van der Waals surface area contributed by atoms with Crippen LogP contribution < -0.4 is 5.32 Å². The van der Waals surface area contributed by atoms with Gasteiger partial charge in [-0.05, 0) is 25.9 Å². The van der Waals surface area contributed by atoms with Gasteiger partial charge in [-0.3, -0.25) is 0 Å². The Morgan fingerprint density at radius 2 is 1.60 bits per heavy atom. The van der Waals surface area contributed by atoms with Crippen LogP contribution in [-0.4, -0.2) is 26.3 Å². The van der Waals surface area contributed by atoms with Crippen LogP contribution in [-0.2, 0) is 9.78 Å². The fourth-order valence-corrected chi connectivity index (χ4v) is 1.62. The summed E-state index contributed by atoms with van der Waals surface area (Å²) in [6, 6.07) is 0. The predicted octanol–water partition coefficient (Wildman–Crippen LogP) is 0.318. The largest absolute Gasteiger partial charge is 0.317 e. The molecule has 0 unspecified atom stereocenters. The second-order valence-electron chi connectivity index (χ2n) is 3.27. The van der Waals surface area contributed by atoms with Crippen molar-refractivity contribution in [2.45, 2.75) is 12.8 Å². The number of nitrogens with one attached hydrogen (secondary N) is 1. The van der Waals surface area contributed by atoms with Gasteiger partial charge < -0.3 is 5.32 Å². The molecule has 0 radical (unpaired) electrons. The topological polar surface area (TPSA) is 30.5 Å². The molecule has 0 amide bonds. The Labute approximate surface area is 60.6 Å². The third kappa shape index (κ3) is 1.05. The molecular weight excluding hydrogens is 130 g/mol. The summed E-state index contributed by atoms with van der Waals surface area (Å²) < 4.78 is 0. The zero-order chi connectivity index (χ0) is 6.86. The average Bonchev–Trinajstić information content (AvgIpc) is 2.39. The molecule has 2 aliphatic rings. The van der Waals surface area contributed by atoms with Crippen molar-refractivity contribution in [3.63, 3.8) is 0 Å². The fourth-order valence-electron chi connectivity index (χ4n) is 1.62. The molecule has 0 saturated carbocycles.